The Morgan fingerprint density at radius 1 is 0.848 bits per heavy atom. The number of H-pyrrole nitrogens is 1. The number of imidazole rings is 1. The van der Waals surface area contributed by atoms with Gasteiger partial charge in [0.1, 0.15) is 11.9 Å². The van der Waals surface area contributed by atoms with E-state index in [2.05, 4.69) is 33.1 Å². The van der Waals surface area contributed by atoms with Gasteiger partial charge in [-0.25, -0.2) is 9.78 Å². The highest BCUT2D eigenvalue weighted by molar-refractivity contribution is 5.90. The van der Waals surface area contributed by atoms with Gasteiger partial charge in [-0.05, 0) is 49.4 Å². The van der Waals surface area contributed by atoms with E-state index in [-0.39, 0.29) is 23.8 Å². The fraction of sp³-hybridized carbons (Fsp3) is 0.333. The summed E-state index contributed by atoms with van der Waals surface area (Å²) in [5.74, 6) is 0.338. The predicted molar refractivity (Wildman–Crippen MR) is 176 cm³/mol. The van der Waals surface area contributed by atoms with Crippen molar-refractivity contribution in [3.05, 3.63) is 90.6 Å². The molecule has 3 amide bonds. The molecule has 3 N–H and O–H groups in total. The topological polar surface area (TPSA) is 124 Å². The van der Waals surface area contributed by atoms with Gasteiger partial charge in [-0.15, -0.1) is 0 Å². The zero-order valence-corrected chi connectivity index (χ0v) is 25.6. The number of carbonyl (C=O) groups is 3. The van der Waals surface area contributed by atoms with E-state index >= 15 is 0 Å². The summed E-state index contributed by atoms with van der Waals surface area (Å²) in [4.78, 5) is 50.6. The number of aromatic nitrogens is 3. The fourth-order valence-electron chi connectivity index (χ4n) is 7.11. The summed E-state index contributed by atoms with van der Waals surface area (Å²) < 4.78 is 2.33. The minimum Gasteiger partial charge on any atom is -0.465 e. The van der Waals surface area contributed by atoms with E-state index in [0.717, 1.165) is 51.7 Å². The first kappa shape index (κ1) is 29.6. The standard InChI is InChI=1S/C36H38N6O4/c43-34(25-14-18-41(19-15-25)36(45)46)39-31(22-26-23-37-29-11-5-4-10-28(26)29)35(44)40-20-16-27(17-21-40)42-32-13-7-6-12-30(32)38-33(42)24-8-2-1-3-9-24/h1-13,23,25,27,31,37H,14-22H2,(H,39,43)(H,45,46)/t31-/m1/s1. The van der Waals surface area contributed by atoms with Crippen molar-refractivity contribution in [3.8, 4) is 11.4 Å². The van der Waals surface area contributed by atoms with Crippen molar-refractivity contribution < 1.29 is 19.5 Å². The van der Waals surface area contributed by atoms with E-state index in [9.17, 15) is 19.5 Å². The molecule has 0 unspecified atom stereocenters. The number of piperidine rings is 2. The monoisotopic (exact) mass is 618 g/mol. The van der Waals surface area contributed by atoms with Gasteiger partial charge in [-0.3, -0.25) is 9.59 Å². The van der Waals surface area contributed by atoms with Crippen LogP contribution in [0.4, 0.5) is 4.79 Å². The summed E-state index contributed by atoms with van der Waals surface area (Å²) >= 11 is 0. The Morgan fingerprint density at radius 3 is 2.28 bits per heavy atom. The maximum atomic E-state index is 14.2. The predicted octanol–water partition coefficient (Wildman–Crippen LogP) is 5.47. The number of hydrogen-bond acceptors (Lipinski definition) is 4. The van der Waals surface area contributed by atoms with Gasteiger partial charge in [0.15, 0.2) is 0 Å². The van der Waals surface area contributed by atoms with Gasteiger partial charge < -0.3 is 29.8 Å². The van der Waals surface area contributed by atoms with Gasteiger partial charge in [0.05, 0.1) is 11.0 Å². The van der Waals surface area contributed by atoms with E-state index in [4.69, 9.17) is 4.98 Å². The van der Waals surface area contributed by atoms with E-state index < -0.39 is 12.1 Å². The van der Waals surface area contributed by atoms with Crippen molar-refractivity contribution in [1.29, 1.82) is 0 Å². The van der Waals surface area contributed by atoms with Crippen LogP contribution in [-0.4, -0.2) is 79.6 Å². The molecule has 0 aliphatic carbocycles. The van der Waals surface area contributed by atoms with Crippen molar-refractivity contribution in [2.24, 2.45) is 5.92 Å². The van der Waals surface area contributed by atoms with Gasteiger partial charge in [-0.1, -0.05) is 60.7 Å². The molecule has 2 fully saturated rings. The second-order valence-corrected chi connectivity index (χ2v) is 12.4. The van der Waals surface area contributed by atoms with E-state index in [0.29, 0.717) is 45.4 Å². The quantitative estimate of drug-likeness (QED) is 0.223. The summed E-state index contributed by atoms with van der Waals surface area (Å²) in [6.07, 6.45) is 3.76. The van der Waals surface area contributed by atoms with E-state index in [1.54, 1.807) is 0 Å². The van der Waals surface area contributed by atoms with Crippen LogP contribution in [0.2, 0.25) is 0 Å². The largest absolute Gasteiger partial charge is 0.465 e. The third-order valence-corrected chi connectivity index (χ3v) is 9.62. The number of likely N-dealkylation sites (tertiary alicyclic amines) is 2. The Bertz CT molecular complexity index is 1870. The molecule has 7 rings (SSSR count). The Morgan fingerprint density at radius 2 is 1.52 bits per heavy atom. The highest BCUT2D eigenvalue weighted by Crippen LogP contribution is 2.34. The molecule has 236 valence electrons. The van der Waals surface area contributed by atoms with Crippen LogP contribution in [0.1, 0.15) is 37.3 Å². The van der Waals surface area contributed by atoms with Crippen molar-refractivity contribution in [1.82, 2.24) is 29.7 Å². The van der Waals surface area contributed by atoms with E-state index in [1.165, 1.54) is 4.90 Å². The number of carbonyl (C=O) groups excluding carboxylic acids is 2. The average Bonchev–Trinajstić information content (AvgIpc) is 3.70. The molecular formula is C36H38N6O4. The normalized spacial score (nSPS) is 17.0. The van der Waals surface area contributed by atoms with Crippen LogP contribution < -0.4 is 5.32 Å². The van der Waals surface area contributed by atoms with Crippen LogP contribution in [0.25, 0.3) is 33.3 Å². The Labute approximate surface area is 267 Å². The number of hydrogen-bond donors (Lipinski definition) is 3. The third-order valence-electron chi connectivity index (χ3n) is 9.62. The lowest BCUT2D eigenvalue weighted by Crippen LogP contribution is -2.53. The molecular weight excluding hydrogens is 580 g/mol. The third kappa shape index (κ3) is 5.82. The molecule has 2 aliphatic heterocycles. The van der Waals surface area contributed by atoms with Crippen LogP contribution in [0.15, 0.2) is 85.1 Å². The van der Waals surface area contributed by atoms with Crippen molar-refractivity contribution >= 4 is 39.8 Å². The minimum absolute atomic E-state index is 0.0844. The van der Waals surface area contributed by atoms with Crippen LogP contribution in [0.5, 0.6) is 0 Å². The minimum atomic E-state index is -0.964. The van der Waals surface area contributed by atoms with Gasteiger partial charge in [-0.2, -0.15) is 0 Å². The Balaban J connectivity index is 1.10. The smallest absolute Gasteiger partial charge is 0.407 e. The number of benzene rings is 3. The molecule has 4 heterocycles. The molecule has 0 saturated carbocycles. The Hall–Kier alpha value is -5.12. The SMILES string of the molecule is O=C(N[C@H](Cc1c[nH]c2ccccc12)C(=O)N1CCC(n2c(-c3ccccc3)nc3ccccc32)CC1)C1CCN(C(=O)O)CC1. The second kappa shape index (κ2) is 12.7. The average molecular weight is 619 g/mol. The van der Waals surface area contributed by atoms with Crippen LogP contribution in [0.3, 0.4) is 0 Å². The molecule has 1 atom stereocenters. The first-order valence-electron chi connectivity index (χ1n) is 16.1. The molecule has 46 heavy (non-hydrogen) atoms. The molecule has 0 radical (unpaired) electrons. The number of fused-ring (bicyclic) bond motifs is 2. The number of aromatic amines is 1. The summed E-state index contributed by atoms with van der Waals surface area (Å²) in [7, 11) is 0. The second-order valence-electron chi connectivity index (χ2n) is 12.4. The highest BCUT2D eigenvalue weighted by Gasteiger charge is 2.34. The lowest BCUT2D eigenvalue weighted by molar-refractivity contribution is -0.138. The van der Waals surface area contributed by atoms with Crippen LogP contribution in [0, 0.1) is 5.92 Å². The molecule has 2 aliphatic rings. The van der Waals surface area contributed by atoms with Crippen LogP contribution >= 0.6 is 0 Å². The molecule has 2 aromatic heterocycles. The molecule has 10 heteroatoms. The molecule has 2 saturated heterocycles. The first-order valence-corrected chi connectivity index (χ1v) is 16.1. The van der Waals surface area contributed by atoms with Crippen molar-refractivity contribution in [2.45, 2.75) is 44.2 Å². The lowest BCUT2D eigenvalue weighted by Gasteiger charge is -2.36. The molecule has 10 nitrogen and oxygen atoms in total. The summed E-state index contributed by atoms with van der Waals surface area (Å²) in [6.45, 7) is 1.77. The van der Waals surface area contributed by atoms with Gasteiger partial charge in [0.2, 0.25) is 11.8 Å². The summed E-state index contributed by atoms with van der Waals surface area (Å²) in [5.41, 5.74) is 5.06. The van der Waals surface area contributed by atoms with Gasteiger partial charge in [0, 0.05) is 67.2 Å². The fourth-order valence-corrected chi connectivity index (χ4v) is 7.11. The van der Waals surface area contributed by atoms with Crippen molar-refractivity contribution in [3.63, 3.8) is 0 Å². The number of nitrogens with one attached hydrogen (secondary N) is 2. The molecule has 0 spiro atoms. The number of carboxylic acid groups (broad SMARTS) is 1. The summed E-state index contributed by atoms with van der Waals surface area (Å²) in [6, 6.07) is 25.8. The molecule has 5 aromatic rings. The number of para-hydroxylation sites is 3. The zero-order chi connectivity index (χ0) is 31.6. The highest BCUT2D eigenvalue weighted by atomic mass is 16.4. The van der Waals surface area contributed by atoms with Gasteiger partial charge >= 0.3 is 6.09 Å². The molecule has 0 bridgehead atoms. The van der Waals surface area contributed by atoms with Gasteiger partial charge in [0.25, 0.3) is 0 Å². The molecule has 3 aromatic carbocycles. The lowest BCUT2D eigenvalue weighted by atomic mass is 9.94. The first-order chi connectivity index (χ1) is 22.5. The van der Waals surface area contributed by atoms with Crippen LogP contribution in [-0.2, 0) is 16.0 Å². The number of nitrogens with zero attached hydrogens (tertiary/aromatic N) is 4. The number of rotatable bonds is 7. The van der Waals surface area contributed by atoms with Crippen molar-refractivity contribution in [2.75, 3.05) is 26.2 Å². The number of amides is 3. The zero-order valence-electron chi connectivity index (χ0n) is 25.6. The Kier molecular flexibility index (Phi) is 8.17. The maximum Gasteiger partial charge on any atom is 0.407 e. The maximum absolute atomic E-state index is 14.2. The van der Waals surface area contributed by atoms with E-state index in [1.807, 2.05) is 71.8 Å². The summed E-state index contributed by atoms with van der Waals surface area (Å²) in [5, 5.41) is 13.5.